The molecule has 0 bridgehead atoms. The van der Waals surface area contributed by atoms with Crippen LogP contribution in [0, 0.1) is 0 Å². The Morgan fingerprint density at radius 2 is 0.771 bits per heavy atom. The minimum absolute atomic E-state index is 0.880. The maximum atomic E-state index is 6.36. The molecule has 0 radical (unpaired) electrons. The van der Waals surface area contributed by atoms with E-state index in [0.29, 0.717) is 0 Å². The summed E-state index contributed by atoms with van der Waals surface area (Å²) in [5, 5.41) is 12.3. The minimum atomic E-state index is 0.880. The van der Waals surface area contributed by atoms with Gasteiger partial charge >= 0.3 is 0 Å². The van der Waals surface area contributed by atoms with Crippen molar-refractivity contribution >= 4 is 82.1 Å². The fourth-order valence-corrected chi connectivity index (χ4v) is 7.41. The van der Waals surface area contributed by atoms with Crippen LogP contribution >= 0.6 is 0 Å². The highest BCUT2D eigenvalue weighted by atomic mass is 16.3. The normalized spacial score (nSPS) is 11.8. The van der Waals surface area contributed by atoms with E-state index in [1.807, 2.05) is 12.1 Å². The highest BCUT2D eigenvalue weighted by molar-refractivity contribution is 6.10. The van der Waals surface area contributed by atoms with Gasteiger partial charge in [0.05, 0.1) is 0 Å². The van der Waals surface area contributed by atoms with Crippen LogP contribution in [0.1, 0.15) is 0 Å². The molecule has 0 N–H and O–H groups in total. The van der Waals surface area contributed by atoms with Gasteiger partial charge in [-0.3, -0.25) is 0 Å². The Bertz CT molecular complexity index is 2840. The summed E-state index contributed by atoms with van der Waals surface area (Å²) in [4.78, 5) is 2.34. The maximum absolute atomic E-state index is 6.36. The highest BCUT2D eigenvalue weighted by Crippen LogP contribution is 2.41. The molecule has 1 aromatic heterocycles. The van der Waals surface area contributed by atoms with Gasteiger partial charge < -0.3 is 9.32 Å². The average molecular weight is 612 g/mol. The number of para-hydroxylation sites is 1. The van der Waals surface area contributed by atoms with Crippen LogP contribution in [0.3, 0.4) is 0 Å². The van der Waals surface area contributed by atoms with Gasteiger partial charge in [-0.05, 0) is 103 Å². The first-order valence-corrected chi connectivity index (χ1v) is 16.4. The van der Waals surface area contributed by atoms with Crippen LogP contribution in [-0.2, 0) is 0 Å². The summed E-state index contributed by atoms with van der Waals surface area (Å²) in [7, 11) is 0. The topological polar surface area (TPSA) is 16.4 Å². The molecule has 0 aliphatic heterocycles. The molecule has 0 amide bonds. The second-order valence-corrected chi connectivity index (χ2v) is 12.6. The van der Waals surface area contributed by atoms with Crippen molar-refractivity contribution in [3.63, 3.8) is 0 Å². The summed E-state index contributed by atoms with van der Waals surface area (Å²) in [6.07, 6.45) is 0. The Morgan fingerprint density at radius 1 is 0.292 bits per heavy atom. The Balaban J connectivity index is 1.13. The maximum Gasteiger partial charge on any atom is 0.137 e. The van der Waals surface area contributed by atoms with E-state index < -0.39 is 0 Å². The average Bonchev–Trinajstić information content (AvgIpc) is 3.53. The van der Waals surface area contributed by atoms with Gasteiger partial charge in [0, 0.05) is 33.9 Å². The molecule has 0 saturated carbocycles. The van der Waals surface area contributed by atoms with Crippen LogP contribution in [0.4, 0.5) is 17.1 Å². The van der Waals surface area contributed by atoms with E-state index in [0.717, 1.165) is 39.0 Å². The van der Waals surface area contributed by atoms with E-state index in [4.69, 9.17) is 4.42 Å². The third-order valence-electron chi connectivity index (χ3n) is 9.81. The largest absolute Gasteiger partial charge is 0.456 e. The zero-order valence-electron chi connectivity index (χ0n) is 26.1. The Kier molecular flexibility index (Phi) is 5.91. The van der Waals surface area contributed by atoms with Crippen LogP contribution in [0.25, 0.3) is 76.2 Å². The number of fused-ring (bicyclic) bond motifs is 9. The second-order valence-electron chi connectivity index (χ2n) is 12.6. The molecule has 0 aliphatic rings. The lowest BCUT2D eigenvalue weighted by Crippen LogP contribution is -2.09. The molecular weight excluding hydrogens is 583 g/mol. The van der Waals surface area contributed by atoms with Gasteiger partial charge in [-0.15, -0.1) is 0 Å². The summed E-state index contributed by atoms with van der Waals surface area (Å²) in [5.74, 6) is 0. The van der Waals surface area contributed by atoms with Crippen molar-refractivity contribution in [2.24, 2.45) is 0 Å². The van der Waals surface area contributed by atoms with Crippen LogP contribution in [0.2, 0.25) is 0 Å². The van der Waals surface area contributed by atoms with Crippen molar-refractivity contribution in [3.8, 4) is 11.1 Å². The molecule has 224 valence electrons. The molecule has 48 heavy (non-hydrogen) atoms. The van der Waals surface area contributed by atoms with E-state index in [1.165, 1.54) is 54.2 Å². The van der Waals surface area contributed by atoms with Gasteiger partial charge in [-0.25, -0.2) is 0 Å². The van der Waals surface area contributed by atoms with Gasteiger partial charge in [-0.1, -0.05) is 121 Å². The van der Waals surface area contributed by atoms with Crippen molar-refractivity contribution < 1.29 is 4.42 Å². The van der Waals surface area contributed by atoms with Crippen molar-refractivity contribution in [1.29, 1.82) is 0 Å². The first kappa shape index (κ1) is 26.8. The molecule has 0 saturated heterocycles. The summed E-state index contributed by atoms with van der Waals surface area (Å²) in [5.41, 5.74) is 7.40. The predicted molar refractivity (Wildman–Crippen MR) is 204 cm³/mol. The number of hydrogen-bond acceptors (Lipinski definition) is 2. The second kappa shape index (κ2) is 10.6. The summed E-state index contributed by atoms with van der Waals surface area (Å²) >= 11 is 0. The fraction of sp³-hybridized carbons (Fsp3) is 0. The molecule has 0 spiro atoms. The molecule has 2 heteroatoms. The van der Waals surface area contributed by atoms with Crippen molar-refractivity contribution in [2.75, 3.05) is 4.90 Å². The Hall–Kier alpha value is -6.38. The third-order valence-corrected chi connectivity index (χ3v) is 9.81. The molecule has 10 aromatic rings. The van der Waals surface area contributed by atoms with E-state index in [1.54, 1.807) is 0 Å². The summed E-state index contributed by atoms with van der Waals surface area (Å²) in [6, 6.07) is 63.4. The molecule has 10 rings (SSSR count). The molecule has 2 nitrogen and oxygen atoms in total. The molecule has 0 fully saturated rings. The van der Waals surface area contributed by atoms with Crippen LogP contribution in [0.15, 0.2) is 180 Å². The lowest BCUT2D eigenvalue weighted by molar-refractivity contribution is 0.669. The molecule has 0 atom stereocenters. The Labute approximate surface area is 277 Å². The zero-order chi connectivity index (χ0) is 31.6. The number of nitrogens with zero attached hydrogens (tertiary/aromatic N) is 1. The zero-order valence-corrected chi connectivity index (χ0v) is 26.1. The molecule has 0 aliphatic carbocycles. The van der Waals surface area contributed by atoms with Crippen molar-refractivity contribution in [2.45, 2.75) is 0 Å². The smallest absolute Gasteiger partial charge is 0.137 e. The standard InChI is InChI=1S/C46H29NO/c1-3-9-39-31(7-1)13-15-33-17-18-35(27-43(33)39)30-19-22-36(23-20-30)47(38-25-26-42-41-11-5-6-12-45(41)48-46(42)29-38)37-24-21-34-16-14-32-8-2-4-10-40(32)44(34)28-37/h1-29H. The van der Waals surface area contributed by atoms with Gasteiger partial charge in [0.25, 0.3) is 0 Å². The quantitative estimate of drug-likeness (QED) is 0.184. The number of benzene rings is 9. The van der Waals surface area contributed by atoms with Crippen LogP contribution < -0.4 is 4.90 Å². The number of furan rings is 1. The molecule has 1 heterocycles. The first-order chi connectivity index (χ1) is 23.8. The summed E-state index contributed by atoms with van der Waals surface area (Å²) in [6.45, 7) is 0. The summed E-state index contributed by atoms with van der Waals surface area (Å²) < 4.78 is 6.36. The van der Waals surface area contributed by atoms with E-state index in [9.17, 15) is 0 Å². The van der Waals surface area contributed by atoms with Crippen molar-refractivity contribution in [3.05, 3.63) is 176 Å². The van der Waals surface area contributed by atoms with Gasteiger partial charge in [-0.2, -0.15) is 0 Å². The van der Waals surface area contributed by atoms with Gasteiger partial charge in [0.2, 0.25) is 0 Å². The number of rotatable bonds is 4. The lowest BCUT2D eigenvalue weighted by atomic mass is 9.97. The van der Waals surface area contributed by atoms with Crippen LogP contribution in [0.5, 0.6) is 0 Å². The predicted octanol–water partition coefficient (Wildman–Crippen LogP) is 13.3. The lowest BCUT2D eigenvalue weighted by Gasteiger charge is -2.26. The monoisotopic (exact) mass is 611 g/mol. The van der Waals surface area contributed by atoms with Crippen LogP contribution in [-0.4, -0.2) is 0 Å². The fourth-order valence-electron chi connectivity index (χ4n) is 7.41. The number of anilines is 3. The Morgan fingerprint density at radius 3 is 1.50 bits per heavy atom. The van der Waals surface area contributed by atoms with E-state index in [2.05, 4.69) is 169 Å². The van der Waals surface area contributed by atoms with Gasteiger partial charge in [0.15, 0.2) is 0 Å². The first-order valence-electron chi connectivity index (χ1n) is 16.4. The van der Waals surface area contributed by atoms with Gasteiger partial charge in [0.1, 0.15) is 11.2 Å². The number of hydrogen-bond donors (Lipinski definition) is 0. The highest BCUT2D eigenvalue weighted by Gasteiger charge is 2.17. The van der Waals surface area contributed by atoms with Crippen molar-refractivity contribution in [1.82, 2.24) is 0 Å². The minimum Gasteiger partial charge on any atom is -0.456 e. The third kappa shape index (κ3) is 4.27. The van der Waals surface area contributed by atoms with E-state index >= 15 is 0 Å². The molecular formula is C46H29NO. The SMILES string of the molecule is c1ccc2c(c1)ccc1ccc(-c3ccc(N(c4ccc5c(c4)oc4ccccc45)c4ccc5ccc6ccccc6c5c4)cc3)cc12. The molecule has 0 unspecified atom stereocenters. The molecule has 9 aromatic carbocycles. The van der Waals surface area contributed by atoms with E-state index in [-0.39, 0.29) is 0 Å².